The zero-order valence-corrected chi connectivity index (χ0v) is 10.1. The van der Waals surface area contributed by atoms with E-state index < -0.39 is 5.91 Å². The predicted octanol–water partition coefficient (Wildman–Crippen LogP) is 2.53. The molecule has 4 heteroatoms. The summed E-state index contributed by atoms with van der Waals surface area (Å²) in [6.45, 7) is 0. The molecule has 0 radical (unpaired) electrons. The Bertz CT molecular complexity index is 264. The van der Waals surface area contributed by atoms with Crippen LogP contribution in [0.3, 0.4) is 0 Å². The molecule has 0 spiro atoms. The van der Waals surface area contributed by atoms with E-state index in [1.54, 1.807) is 18.2 Å². The maximum atomic E-state index is 10.4. The summed E-state index contributed by atoms with van der Waals surface area (Å²) < 4.78 is 0. The second kappa shape index (κ2) is 5.07. The molecular weight excluding hydrogens is 290 g/mol. The number of amides is 1. The fraction of sp³-hybridized carbons (Fsp3) is 0. The third kappa shape index (κ3) is 3.50. The number of hydrogen-bond acceptors (Lipinski definition) is 1. The first kappa shape index (κ1) is 11.3. The molecule has 52 valence electrons. The van der Waals surface area contributed by atoms with Crippen molar-refractivity contribution in [3.63, 3.8) is 0 Å². The molecule has 0 aromatic heterocycles. The topological polar surface area (TPSA) is 40.9 Å². The Kier molecular flexibility index (Phi) is 5.23. The molecule has 1 aromatic rings. The van der Waals surface area contributed by atoms with E-state index in [0.29, 0.717) is 10.6 Å². The van der Waals surface area contributed by atoms with Crippen LogP contribution < -0.4 is 0 Å². The Morgan fingerprint density at radius 1 is 1.45 bits per heavy atom. The fourth-order valence-electron chi connectivity index (χ4n) is 0.630. The van der Waals surface area contributed by atoms with Crippen LogP contribution in [0.15, 0.2) is 24.3 Å². The Labute approximate surface area is 103 Å². The molecule has 1 amide bonds. The first-order valence-corrected chi connectivity index (χ1v) is 3.09. The minimum atomic E-state index is -0.706. The molecule has 0 aliphatic heterocycles. The Balaban J connectivity index is 0.000001000. The minimum absolute atomic E-state index is 0. The first-order chi connectivity index (χ1) is 4.70. The van der Waals surface area contributed by atoms with Gasteiger partial charge in [0, 0.05) is 10.6 Å². The van der Waals surface area contributed by atoms with Crippen molar-refractivity contribution < 1.29 is 46.1 Å². The number of hydrogen-bond donors (Lipinski definition) is 0. The standard InChI is InChI=1S/C7H6ClNO.Pr/c8-6-3-1-2-5(4-6)7(9)10;/h1-4H,(H2,9,10);/q;+3/p-1. The number of halogens is 1. The molecule has 0 saturated heterocycles. The SMILES string of the molecule is [NH-]C(=O)c1cccc(Cl)c1.[Pr+3]. The summed E-state index contributed by atoms with van der Waals surface area (Å²) in [5.41, 5.74) is 7.04. The van der Waals surface area contributed by atoms with E-state index in [4.69, 9.17) is 17.3 Å². The number of rotatable bonds is 1. The van der Waals surface area contributed by atoms with Gasteiger partial charge in [0.05, 0.1) is 5.91 Å². The van der Waals surface area contributed by atoms with Crippen LogP contribution in [-0.4, -0.2) is 5.91 Å². The van der Waals surface area contributed by atoms with Crippen LogP contribution in [-0.2, 0) is 0 Å². The second-order valence-electron chi connectivity index (χ2n) is 1.84. The number of nitrogens with one attached hydrogen (secondary N) is 1. The summed E-state index contributed by atoms with van der Waals surface area (Å²) >= 11 is 5.55. The molecule has 0 saturated carbocycles. The smallest absolute Gasteiger partial charge is 0.664 e. The van der Waals surface area contributed by atoms with Crippen molar-refractivity contribution in [2.75, 3.05) is 0 Å². The van der Waals surface area contributed by atoms with Gasteiger partial charge in [-0.15, -0.1) is 0 Å². The molecule has 0 unspecified atom stereocenters. The van der Waals surface area contributed by atoms with Crippen molar-refractivity contribution in [2.45, 2.75) is 0 Å². The largest absolute Gasteiger partial charge is 3.00 e. The van der Waals surface area contributed by atoms with Gasteiger partial charge in [-0.3, -0.25) is 0 Å². The second-order valence-corrected chi connectivity index (χ2v) is 2.28. The fourth-order valence-corrected chi connectivity index (χ4v) is 0.820. The van der Waals surface area contributed by atoms with Gasteiger partial charge in [-0.05, 0) is 12.1 Å². The van der Waals surface area contributed by atoms with Crippen LogP contribution in [0.1, 0.15) is 10.4 Å². The van der Waals surface area contributed by atoms with Gasteiger partial charge in [0.1, 0.15) is 0 Å². The van der Waals surface area contributed by atoms with Gasteiger partial charge in [-0.1, -0.05) is 23.7 Å². The molecule has 1 aromatic carbocycles. The van der Waals surface area contributed by atoms with Gasteiger partial charge < -0.3 is 10.5 Å². The molecule has 0 bridgehead atoms. The van der Waals surface area contributed by atoms with Gasteiger partial charge in [-0.2, -0.15) is 0 Å². The monoisotopic (exact) mass is 295 g/mol. The van der Waals surface area contributed by atoms with Gasteiger partial charge in [0.2, 0.25) is 0 Å². The zero-order valence-electron chi connectivity index (χ0n) is 5.67. The van der Waals surface area contributed by atoms with Gasteiger partial charge in [0.25, 0.3) is 0 Å². The van der Waals surface area contributed by atoms with E-state index in [1.807, 2.05) is 0 Å². The first-order valence-electron chi connectivity index (χ1n) is 2.71. The molecule has 1 rings (SSSR count). The van der Waals surface area contributed by atoms with Crippen molar-refractivity contribution in [3.05, 3.63) is 40.6 Å². The minimum Gasteiger partial charge on any atom is -0.664 e. The average Bonchev–Trinajstić information content (AvgIpc) is 1.88. The van der Waals surface area contributed by atoms with Crippen LogP contribution >= 0.6 is 11.6 Å². The van der Waals surface area contributed by atoms with Gasteiger partial charge >= 0.3 is 41.3 Å². The van der Waals surface area contributed by atoms with Crippen LogP contribution in [0.4, 0.5) is 0 Å². The summed E-state index contributed by atoms with van der Waals surface area (Å²) in [4.78, 5) is 10.4. The van der Waals surface area contributed by atoms with E-state index in [9.17, 15) is 4.79 Å². The molecule has 0 atom stereocenters. The molecule has 0 aliphatic carbocycles. The molecule has 1 N–H and O–H groups in total. The maximum absolute atomic E-state index is 10.4. The summed E-state index contributed by atoms with van der Waals surface area (Å²) in [6, 6.07) is 6.33. The molecule has 2 nitrogen and oxygen atoms in total. The molecule has 0 fully saturated rings. The summed E-state index contributed by atoms with van der Waals surface area (Å²) in [5, 5.41) is 0.484. The quantitative estimate of drug-likeness (QED) is 0.785. The Morgan fingerprint density at radius 2 is 2.09 bits per heavy atom. The summed E-state index contributed by atoms with van der Waals surface area (Å²) in [7, 11) is 0. The maximum Gasteiger partial charge on any atom is 3.00 e. The van der Waals surface area contributed by atoms with Crippen LogP contribution in [0, 0.1) is 41.3 Å². The third-order valence-electron chi connectivity index (χ3n) is 1.09. The van der Waals surface area contributed by atoms with Crippen LogP contribution in [0.25, 0.3) is 5.73 Å². The number of carbonyl (C=O) groups is 1. The van der Waals surface area contributed by atoms with Crippen molar-refractivity contribution in [1.29, 1.82) is 0 Å². The van der Waals surface area contributed by atoms with Crippen molar-refractivity contribution in [3.8, 4) is 0 Å². The summed E-state index contributed by atoms with van der Waals surface area (Å²) in [6.07, 6.45) is 0. The van der Waals surface area contributed by atoms with Crippen molar-refractivity contribution in [1.82, 2.24) is 0 Å². The third-order valence-corrected chi connectivity index (χ3v) is 1.32. The molecule has 0 aliphatic rings. The molecule has 11 heavy (non-hydrogen) atoms. The summed E-state index contributed by atoms with van der Waals surface area (Å²) in [5.74, 6) is -0.706. The number of benzene rings is 1. The Morgan fingerprint density at radius 3 is 2.45 bits per heavy atom. The van der Waals surface area contributed by atoms with E-state index in [2.05, 4.69) is 0 Å². The predicted molar refractivity (Wildman–Crippen MR) is 40.1 cm³/mol. The Hall–Kier alpha value is 0.344. The van der Waals surface area contributed by atoms with Gasteiger partial charge in [-0.25, -0.2) is 0 Å². The van der Waals surface area contributed by atoms with Crippen LogP contribution in [0.5, 0.6) is 0 Å². The van der Waals surface area contributed by atoms with E-state index in [-0.39, 0.29) is 41.3 Å². The average molecular weight is 295 g/mol. The van der Waals surface area contributed by atoms with Crippen LogP contribution in [0.2, 0.25) is 5.02 Å². The normalized spacial score (nSPS) is 8.45. The van der Waals surface area contributed by atoms with E-state index in [1.165, 1.54) is 6.07 Å². The van der Waals surface area contributed by atoms with E-state index >= 15 is 0 Å². The number of carbonyl (C=O) groups excluding carboxylic acids is 1. The molecule has 0 heterocycles. The molecular formula is C7H5ClNOPr+2. The zero-order chi connectivity index (χ0) is 7.56. The van der Waals surface area contributed by atoms with Gasteiger partial charge in [0.15, 0.2) is 0 Å². The van der Waals surface area contributed by atoms with Crippen molar-refractivity contribution in [2.24, 2.45) is 0 Å². The van der Waals surface area contributed by atoms with E-state index in [0.717, 1.165) is 0 Å². The van der Waals surface area contributed by atoms with Crippen molar-refractivity contribution >= 4 is 17.5 Å².